The van der Waals surface area contributed by atoms with E-state index in [4.69, 9.17) is 4.74 Å². The minimum atomic E-state index is -1.07. The summed E-state index contributed by atoms with van der Waals surface area (Å²) in [6, 6.07) is 32.2. The first kappa shape index (κ1) is 36.3. The summed E-state index contributed by atoms with van der Waals surface area (Å²) in [6.45, 7) is 18.6. The number of ether oxygens (including phenoxy) is 1. The minimum absolute atomic E-state index is 0.307. The number of carbonyl (C=O) groups excluding carboxylic acids is 1. The van der Waals surface area contributed by atoms with Crippen LogP contribution in [0.4, 0.5) is 22.7 Å². The molecule has 0 aromatic heterocycles. The van der Waals surface area contributed by atoms with Gasteiger partial charge in [0.2, 0.25) is 0 Å². The smallest absolute Gasteiger partial charge is 0.340 e. The van der Waals surface area contributed by atoms with Crippen LogP contribution in [0.2, 0.25) is 0 Å². The summed E-state index contributed by atoms with van der Waals surface area (Å²) in [4.78, 5) is 22.7. The van der Waals surface area contributed by atoms with Gasteiger partial charge < -0.3 is 24.3 Å². The summed E-state index contributed by atoms with van der Waals surface area (Å²) in [5, 5.41) is 0. The number of cyclic esters (lactones) is 1. The zero-order valence-electron chi connectivity index (χ0n) is 31.2. The molecule has 6 heteroatoms. The van der Waals surface area contributed by atoms with Crippen LogP contribution < -0.4 is 19.6 Å². The lowest BCUT2D eigenvalue weighted by Gasteiger charge is -2.27. The predicted octanol–water partition coefficient (Wildman–Crippen LogP) is 9.39. The number of rotatable bonds is 15. The number of benzene rings is 4. The van der Waals surface area contributed by atoms with Gasteiger partial charge in [-0.3, -0.25) is 0 Å². The standard InChI is InChI=1S/C44H54N4O2/c1-9-46(10-2)37-23-17-33(18-24-37)40(34-19-25-38(26-20-34)47(11-3)12-4)16-15-31-44(35-21-27-36(28-22-35)45(7)8)42-30-29-39(48(13-5)14-6)32-41(42)43(49)50-44/h15-32H,9-14H2,1-8H3. The first-order chi connectivity index (χ1) is 24.2. The van der Waals surface area contributed by atoms with Gasteiger partial charge in [0.25, 0.3) is 0 Å². The maximum Gasteiger partial charge on any atom is 0.340 e. The first-order valence-electron chi connectivity index (χ1n) is 18.2. The van der Waals surface area contributed by atoms with Crippen LogP contribution in [-0.2, 0) is 10.3 Å². The number of anilines is 4. The summed E-state index contributed by atoms with van der Waals surface area (Å²) in [7, 11) is 4.06. The van der Waals surface area contributed by atoms with Gasteiger partial charge in [0.15, 0.2) is 5.60 Å². The van der Waals surface area contributed by atoms with Crippen molar-refractivity contribution in [2.75, 3.05) is 73.0 Å². The Labute approximate surface area is 300 Å². The number of hydrogen-bond acceptors (Lipinski definition) is 6. The van der Waals surface area contributed by atoms with Crippen molar-refractivity contribution in [3.8, 4) is 0 Å². The molecule has 4 aromatic rings. The third-order valence-electron chi connectivity index (χ3n) is 10.0. The van der Waals surface area contributed by atoms with Crippen molar-refractivity contribution in [3.05, 3.63) is 137 Å². The fourth-order valence-corrected chi connectivity index (χ4v) is 7.03. The van der Waals surface area contributed by atoms with Crippen molar-refractivity contribution in [3.63, 3.8) is 0 Å². The van der Waals surface area contributed by atoms with Gasteiger partial charge in [-0.1, -0.05) is 54.6 Å². The van der Waals surface area contributed by atoms with E-state index in [2.05, 4.69) is 158 Å². The van der Waals surface area contributed by atoms with Gasteiger partial charge in [-0.25, -0.2) is 4.79 Å². The van der Waals surface area contributed by atoms with E-state index in [1.54, 1.807) is 0 Å². The van der Waals surface area contributed by atoms with E-state index in [1.165, 1.54) is 11.4 Å². The summed E-state index contributed by atoms with van der Waals surface area (Å²) in [5.74, 6) is -0.307. The molecular weight excluding hydrogens is 617 g/mol. The highest BCUT2D eigenvalue weighted by atomic mass is 16.6. The zero-order chi connectivity index (χ0) is 35.8. The van der Waals surface area contributed by atoms with Gasteiger partial charge in [-0.15, -0.1) is 0 Å². The van der Waals surface area contributed by atoms with Gasteiger partial charge in [-0.2, -0.15) is 0 Å². The number of carbonyl (C=O) groups is 1. The molecule has 1 atom stereocenters. The quantitative estimate of drug-likeness (QED) is 0.0927. The van der Waals surface area contributed by atoms with Gasteiger partial charge in [-0.05, 0) is 113 Å². The molecular formula is C44H54N4O2. The topological polar surface area (TPSA) is 39.3 Å². The Morgan fingerprint density at radius 2 is 1.04 bits per heavy atom. The second-order valence-corrected chi connectivity index (χ2v) is 12.8. The number of nitrogens with zero attached hydrogens (tertiary/aromatic N) is 4. The van der Waals surface area contributed by atoms with Gasteiger partial charge in [0, 0.05) is 87.2 Å². The van der Waals surface area contributed by atoms with E-state index in [1.807, 2.05) is 26.2 Å². The fraction of sp³-hybridized carbons (Fsp3) is 0.341. The number of allylic oxidation sites excluding steroid dienone is 2. The molecule has 0 aliphatic carbocycles. The van der Waals surface area contributed by atoms with Gasteiger partial charge in [0.05, 0.1) is 5.56 Å². The Bertz CT molecular complexity index is 1720. The van der Waals surface area contributed by atoms with Crippen LogP contribution in [0.5, 0.6) is 0 Å². The average molecular weight is 671 g/mol. The normalized spacial score (nSPS) is 15.1. The fourth-order valence-electron chi connectivity index (χ4n) is 7.03. The molecule has 0 spiro atoms. The van der Waals surface area contributed by atoms with E-state index in [-0.39, 0.29) is 5.97 Å². The van der Waals surface area contributed by atoms with Crippen LogP contribution in [-0.4, -0.2) is 59.3 Å². The molecule has 1 heterocycles. The molecule has 0 saturated heterocycles. The molecule has 0 fully saturated rings. The molecule has 1 unspecified atom stereocenters. The Morgan fingerprint density at radius 1 is 0.600 bits per heavy atom. The molecule has 1 aliphatic rings. The Morgan fingerprint density at radius 3 is 1.50 bits per heavy atom. The van der Waals surface area contributed by atoms with Crippen LogP contribution in [0.3, 0.4) is 0 Å². The lowest BCUT2D eigenvalue weighted by Crippen LogP contribution is -2.25. The van der Waals surface area contributed by atoms with Crippen molar-refractivity contribution in [2.24, 2.45) is 0 Å². The van der Waals surface area contributed by atoms with Gasteiger partial charge in [0.1, 0.15) is 0 Å². The Kier molecular flexibility index (Phi) is 11.7. The molecule has 0 amide bonds. The maximum atomic E-state index is 13.7. The Balaban J connectivity index is 1.64. The van der Waals surface area contributed by atoms with Crippen LogP contribution in [0.25, 0.3) is 5.57 Å². The largest absolute Gasteiger partial charge is 0.441 e. The highest BCUT2D eigenvalue weighted by Gasteiger charge is 2.45. The van der Waals surface area contributed by atoms with E-state index in [0.29, 0.717) is 5.56 Å². The number of fused-ring (bicyclic) bond motifs is 1. The van der Waals surface area contributed by atoms with E-state index < -0.39 is 5.60 Å². The van der Waals surface area contributed by atoms with Crippen molar-refractivity contribution >= 4 is 34.3 Å². The minimum Gasteiger partial charge on any atom is -0.441 e. The SMILES string of the molecule is CCN(CC)c1ccc(C(=CC=CC2(c3ccc(N(C)C)cc3)OC(=O)c3cc(N(CC)CC)ccc32)c2ccc(N(CC)CC)cc2)cc1. The molecule has 1 aliphatic heterocycles. The first-order valence-corrected chi connectivity index (χ1v) is 18.2. The average Bonchev–Trinajstić information content (AvgIpc) is 3.43. The molecule has 0 bridgehead atoms. The molecule has 4 aromatic carbocycles. The summed E-state index contributed by atoms with van der Waals surface area (Å²) >= 11 is 0. The van der Waals surface area contributed by atoms with E-state index in [0.717, 1.165) is 78.5 Å². The summed E-state index contributed by atoms with van der Waals surface area (Å²) in [5.41, 5.74) is 9.18. The predicted molar refractivity (Wildman–Crippen MR) is 213 cm³/mol. The van der Waals surface area contributed by atoms with Crippen molar-refractivity contribution in [2.45, 2.75) is 47.1 Å². The third kappa shape index (κ3) is 7.30. The monoisotopic (exact) mass is 670 g/mol. The highest BCUT2D eigenvalue weighted by Crippen LogP contribution is 2.45. The van der Waals surface area contributed by atoms with Crippen LogP contribution in [0.15, 0.2) is 109 Å². The zero-order valence-corrected chi connectivity index (χ0v) is 31.2. The molecule has 6 nitrogen and oxygen atoms in total. The maximum absolute atomic E-state index is 13.7. The van der Waals surface area contributed by atoms with Crippen LogP contribution in [0, 0.1) is 0 Å². The lowest BCUT2D eigenvalue weighted by molar-refractivity contribution is 0.0275. The van der Waals surface area contributed by atoms with Crippen molar-refractivity contribution in [1.29, 1.82) is 0 Å². The molecule has 50 heavy (non-hydrogen) atoms. The summed E-state index contributed by atoms with van der Waals surface area (Å²) < 4.78 is 6.44. The number of esters is 1. The molecule has 0 N–H and O–H groups in total. The van der Waals surface area contributed by atoms with Crippen LogP contribution >= 0.6 is 0 Å². The number of hydrogen-bond donors (Lipinski definition) is 0. The van der Waals surface area contributed by atoms with Crippen molar-refractivity contribution < 1.29 is 9.53 Å². The Hall–Kier alpha value is -4.97. The molecule has 262 valence electrons. The van der Waals surface area contributed by atoms with Gasteiger partial charge >= 0.3 is 5.97 Å². The van der Waals surface area contributed by atoms with E-state index >= 15 is 0 Å². The second-order valence-electron chi connectivity index (χ2n) is 12.8. The lowest BCUT2D eigenvalue weighted by atomic mass is 9.84. The van der Waals surface area contributed by atoms with E-state index in [9.17, 15) is 4.79 Å². The second kappa shape index (κ2) is 16.2. The molecule has 5 rings (SSSR count). The molecule has 0 saturated carbocycles. The van der Waals surface area contributed by atoms with Crippen LogP contribution in [0.1, 0.15) is 74.2 Å². The molecule has 0 radical (unpaired) electrons. The van der Waals surface area contributed by atoms with Crippen molar-refractivity contribution in [1.82, 2.24) is 0 Å². The third-order valence-corrected chi connectivity index (χ3v) is 10.0. The highest BCUT2D eigenvalue weighted by molar-refractivity contribution is 5.97. The summed E-state index contributed by atoms with van der Waals surface area (Å²) in [6.07, 6.45) is 6.27.